The van der Waals surface area contributed by atoms with Crippen LogP contribution in [0.5, 0.6) is 0 Å². The molecule has 0 fully saturated rings. The standard InChI is InChI=1S/C15H18FNO3/c1-2-20-10-4-6-15(19)17-14-8-7-12(5-3-9-18)11-13(14)16/h7-8,11,18H,2,4,6,9-10H2,1H3,(H,17,19). The summed E-state index contributed by atoms with van der Waals surface area (Å²) in [5, 5.41) is 11.1. The predicted octanol–water partition coefficient (Wildman–Crippen LogP) is 1.92. The molecule has 5 heteroatoms. The maximum absolute atomic E-state index is 13.7. The first-order valence-corrected chi connectivity index (χ1v) is 6.44. The lowest BCUT2D eigenvalue weighted by molar-refractivity contribution is -0.116. The van der Waals surface area contributed by atoms with E-state index < -0.39 is 5.82 Å². The molecule has 1 aromatic carbocycles. The summed E-state index contributed by atoms with van der Waals surface area (Å²) in [6, 6.07) is 4.26. The Morgan fingerprint density at radius 2 is 2.30 bits per heavy atom. The van der Waals surface area contributed by atoms with Crippen molar-refractivity contribution in [3.05, 3.63) is 29.6 Å². The fraction of sp³-hybridized carbons (Fsp3) is 0.400. The lowest BCUT2D eigenvalue weighted by atomic mass is 10.2. The van der Waals surface area contributed by atoms with Gasteiger partial charge >= 0.3 is 0 Å². The summed E-state index contributed by atoms with van der Waals surface area (Å²) >= 11 is 0. The number of nitrogens with one attached hydrogen (secondary N) is 1. The average Bonchev–Trinajstić information content (AvgIpc) is 2.44. The zero-order valence-electron chi connectivity index (χ0n) is 11.4. The molecule has 1 amide bonds. The van der Waals surface area contributed by atoms with Crippen LogP contribution >= 0.6 is 0 Å². The van der Waals surface area contributed by atoms with Gasteiger partial charge in [0.1, 0.15) is 12.4 Å². The molecule has 0 bridgehead atoms. The minimum Gasteiger partial charge on any atom is -0.384 e. The van der Waals surface area contributed by atoms with Crippen molar-refractivity contribution in [3.63, 3.8) is 0 Å². The van der Waals surface area contributed by atoms with E-state index in [9.17, 15) is 9.18 Å². The molecule has 0 radical (unpaired) electrons. The number of hydrogen-bond donors (Lipinski definition) is 2. The summed E-state index contributed by atoms with van der Waals surface area (Å²) in [6.45, 7) is 2.74. The molecule has 20 heavy (non-hydrogen) atoms. The molecule has 0 heterocycles. The van der Waals surface area contributed by atoms with Crippen molar-refractivity contribution >= 4 is 11.6 Å². The number of carbonyl (C=O) groups excluding carboxylic acids is 1. The number of hydrogen-bond acceptors (Lipinski definition) is 3. The number of ether oxygens (including phenoxy) is 1. The van der Waals surface area contributed by atoms with E-state index in [2.05, 4.69) is 17.2 Å². The first-order valence-electron chi connectivity index (χ1n) is 6.44. The van der Waals surface area contributed by atoms with Crippen molar-refractivity contribution in [2.45, 2.75) is 19.8 Å². The highest BCUT2D eigenvalue weighted by molar-refractivity contribution is 5.90. The van der Waals surface area contributed by atoms with Crippen molar-refractivity contribution in [3.8, 4) is 11.8 Å². The Morgan fingerprint density at radius 1 is 1.50 bits per heavy atom. The summed E-state index contributed by atoms with van der Waals surface area (Å²) in [5.41, 5.74) is 0.576. The minimum atomic E-state index is -0.548. The van der Waals surface area contributed by atoms with Crippen LogP contribution in [0.1, 0.15) is 25.3 Å². The van der Waals surface area contributed by atoms with Gasteiger partial charge in [-0.15, -0.1) is 0 Å². The molecule has 2 N–H and O–H groups in total. The fourth-order valence-electron chi connectivity index (χ4n) is 1.53. The zero-order chi connectivity index (χ0) is 14.8. The van der Waals surface area contributed by atoms with Crippen LogP contribution in [0, 0.1) is 17.7 Å². The first kappa shape index (κ1) is 16.2. The third-order valence-corrected chi connectivity index (χ3v) is 2.45. The van der Waals surface area contributed by atoms with E-state index in [1.54, 1.807) is 6.07 Å². The number of rotatable bonds is 6. The molecule has 0 aliphatic carbocycles. The van der Waals surface area contributed by atoms with E-state index in [4.69, 9.17) is 9.84 Å². The number of benzene rings is 1. The van der Waals surface area contributed by atoms with Gasteiger partial charge < -0.3 is 15.2 Å². The summed E-state index contributed by atoms with van der Waals surface area (Å²) in [4.78, 5) is 11.6. The van der Waals surface area contributed by atoms with E-state index in [0.717, 1.165) is 0 Å². The molecular weight excluding hydrogens is 261 g/mol. The Kier molecular flexibility index (Phi) is 7.33. The van der Waals surface area contributed by atoms with Crippen LogP contribution in [0.15, 0.2) is 18.2 Å². The lowest BCUT2D eigenvalue weighted by Gasteiger charge is -2.06. The molecule has 108 valence electrons. The van der Waals surface area contributed by atoms with Crippen molar-refractivity contribution in [1.82, 2.24) is 0 Å². The number of aliphatic hydroxyl groups is 1. The van der Waals surface area contributed by atoms with Crippen LogP contribution in [0.3, 0.4) is 0 Å². The second-order valence-electron chi connectivity index (χ2n) is 4.00. The van der Waals surface area contributed by atoms with Crippen LogP contribution in [0.25, 0.3) is 0 Å². The molecule has 0 unspecified atom stereocenters. The first-order chi connectivity index (χ1) is 9.67. The Morgan fingerprint density at radius 3 is 2.95 bits per heavy atom. The number of amides is 1. The van der Waals surface area contributed by atoms with Gasteiger partial charge in [-0.25, -0.2) is 4.39 Å². The van der Waals surface area contributed by atoms with E-state index in [0.29, 0.717) is 25.2 Å². The summed E-state index contributed by atoms with van der Waals surface area (Å²) < 4.78 is 18.8. The Bertz CT molecular complexity index is 506. The quantitative estimate of drug-likeness (QED) is 0.618. The van der Waals surface area contributed by atoms with Crippen LogP contribution in [-0.4, -0.2) is 30.8 Å². The summed E-state index contributed by atoms with van der Waals surface area (Å²) in [5.74, 6) is 4.22. The van der Waals surface area contributed by atoms with Gasteiger partial charge in [-0.2, -0.15) is 0 Å². The molecule has 0 aliphatic rings. The van der Waals surface area contributed by atoms with Gasteiger partial charge in [0.15, 0.2) is 0 Å². The monoisotopic (exact) mass is 279 g/mol. The van der Waals surface area contributed by atoms with E-state index in [1.807, 2.05) is 6.92 Å². The molecule has 4 nitrogen and oxygen atoms in total. The molecular formula is C15H18FNO3. The van der Waals surface area contributed by atoms with Crippen LogP contribution < -0.4 is 5.32 Å². The van der Waals surface area contributed by atoms with Crippen LogP contribution in [0.2, 0.25) is 0 Å². The number of aliphatic hydroxyl groups excluding tert-OH is 1. The molecule has 0 aromatic heterocycles. The van der Waals surface area contributed by atoms with Crippen LogP contribution in [0.4, 0.5) is 10.1 Å². The number of carbonyl (C=O) groups is 1. The van der Waals surface area contributed by atoms with Crippen LogP contribution in [-0.2, 0) is 9.53 Å². The van der Waals surface area contributed by atoms with Gasteiger partial charge in [0.2, 0.25) is 5.91 Å². The zero-order valence-corrected chi connectivity index (χ0v) is 11.4. The topological polar surface area (TPSA) is 58.6 Å². The van der Waals surface area contributed by atoms with Crippen molar-refractivity contribution in [2.24, 2.45) is 0 Å². The van der Waals surface area contributed by atoms with Gasteiger partial charge in [-0.1, -0.05) is 11.8 Å². The largest absolute Gasteiger partial charge is 0.384 e. The second kappa shape index (κ2) is 9.08. The highest BCUT2D eigenvalue weighted by Crippen LogP contribution is 2.15. The van der Waals surface area contributed by atoms with Gasteiger partial charge in [-0.05, 0) is 31.5 Å². The average molecular weight is 279 g/mol. The lowest BCUT2D eigenvalue weighted by Crippen LogP contribution is -2.13. The van der Waals surface area contributed by atoms with Gasteiger partial charge in [0.05, 0.1) is 5.69 Å². The Balaban J connectivity index is 2.53. The second-order valence-corrected chi connectivity index (χ2v) is 4.00. The van der Waals surface area contributed by atoms with Crippen molar-refractivity contribution < 1.29 is 19.0 Å². The minimum absolute atomic E-state index is 0.126. The highest BCUT2D eigenvalue weighted by Gasteiger charge is 2.07. The third-order valence-electron chi connectivity index (χ3n) is 2.45. The highest BCUT2D eigenvalue weighted by atomic mass is 19.1. The third kappa shape index (κ3) is 5.83. The number of halogens is 1. The molecule has 0 saturated carbocycles. The van der Waals surface area contributed by atoms with E-state index in [1.165, 1.54) is 12.1 Å². The SMILES string of the molecule is CCOCCCC(=O)Nc1ccc(C#CCO)cc1F. The van der Waals surface area contributed by atoms with Crippen molar-refractivity contribution in [2.75, 3.05) is 25.1 Å². The Hall–Kier alpha value is -1.90. The number of anilines is 1. The Labute approximate surface area is 117 Å². The van der Waals surface area contributed by atoms with Gasteiger partial charge in [0, 0.05) is 25.2 Å². The summed E-state index contributed by atoms with van der Waals surface area (Å²) in [6.07, 6.45) is 0.882. The van der Waals surface area contributed by atoms with Gasteiger partial charge in [0.25, 0.3) is 0 Å². The predicted molar refractivity (Wildman–Crippen MR) is 74.7 cm³/mol. The maximum Gasteiger partial charge on any atom is 0.224 e. The van der Waals surface area contributed by atoms with Crippen molar-refractivity contribution in [1.29, 1.82) is 0 Å². The van der Waals surface area contributed by atoms with E-state index in [-0.39, 0.29) is 24.6 Å². The fourth-order valence-corrected chi connectivity index (χ4v) is 1.53. The molecule has 1 rings (SSSR count). The van der Waals surface area contributed by atoms with Gasteiger partial charge in [-0.3, -0.25) is 4.79 Å². The maximum atomic E-state index is 13.7. The molecule has 1 aromatic rings. The smallest absolute Gasteiger partial charge is 0.224 e. The molecule has 0 atom stereocenters. The summed E-state index contributed by atoms with van der Waals surface area (Å²) in [7, 11) is 0. The molecule has 0 aliphatic heterocycles. The van der Waals surface area contributed by atoms with E-state index >= 15 is 0 Å². The molecule has 0 saturated heterocycles. The normalized spacial score (nSPS) is 9.75. The molecule has 0 spiro atoms.